The van der Waals surface area contributed by atoms with Gasteiger partial charge in [-0.2, -0.15) is 5.26 Å². The van der Waals surface area contributed by atoms with Gasteiger partial charge in [0.05, 0.1) is 19.0 Å². The molecular weight excluding hydrogens is 222 g/mol. The Hall–Kier alpha value is -1.81. The van der Waals surface area contributed by atoms with Crippen LogP contribution in [0.5, 0.6) is 0 Å². The maximum atomic E-state index is 8.69. The number of hydrogen-bond donors (Lipinski definition) is 1. The van der Waals surface area contributed by atoms with Crippen molar-refractivity contribution in [3.8, 4) is 17.9 Å². The molecule has 0 saturated heterocycles. The molecular formula is C15H19N3. The Labute approximate surface area is 109 Å². The van der Waals surface area contributed by atoms with E-state index >= 15 is 0 Å². The Kier molecular flexibility index (Phi) is 5.94. The molecule has 1 aromatic rings. The van der Waals surface area contributed by atoms with Crippen LogP contribution in [-0.2, 0) is 6.54 Å². The summed E-state index contributed by atoms with van der Waals surface area (Å²) in [6, 6.07) is 10.6. The normalized spacial score (nSPS) is 11.5. The molecule has 1 rings (SSSR count). The fourth-order valence-electron chi connectivity index (χ4n) is 1.63. The molecule has 0 heterocycles. The molecule has 0 fully saturated rings. The van der Waals surface area contributed by atoms with E-state index in [1.165, 1.54) is 5.56 Å². The van der Waals surface area contributed by atoms with E-state index in [0.29, 0.717) is 13.0 Å². The first-order valence-corrected chi connectivity index (χ1v) is 6.02. The van der Waals surface area contributed by atoms with Gasteiger partial charge in [0, 0.05) is 18.2 Å². The number of rotatable bonds is 4. The van der Waals surface area contributed by atoms with Gasteiger partial charge in [-0.1, -0.05) is 24.0 Å². The van der Waals surface area contributed by atoms with E-state index in [1.807, 2.05) is 19.2 Å². The second-order valence-electron chi connectivity index (χ2n) is 4.33. The van der Waals surface area contributed by atoms with Gasteiger partial charge in [0.1, 0.15) is 0 Å². The summed E-state index contributed by atoms with van der Waals surface area (Å²) < 4.78 is 0. The molecule has 0 bridgehead atoms. The van der Waals surface area contributed by atoms with Crippen LogP contribution < -0.4 is 5.73 Å². The lowest BCUT2D eigenvalue weighted by Crippen LogP contribution is -2.28. The zero-order valence-electron chi connectivity index (χ0n) is 11.0. The van der Waals surface area contributed by atoms with Crippen LogP contribution >= 0.6 is 0 Å². The maximum absolute atomic E-state index is 8.69. The van der Waals surface area contributed by atoms with Crippen molar-refractivity contribution in [3.05, 3.63) is 35.4 Å². The molecule has 0 aliphatic carbocycles. The van der Waals surface area contributed by atoms with Crippen molar-refractivity contribution in [2.24, 2.45) is 5.73 Å². The quantitative estimate of drug-likeness (QED) is 0.817. The van der Waals surface area contributed by atoms with E-state index in [4.69, 9.17) is 11.0 Å². The van der Waals surface area contributed by atoms with Gasteiger partial charge in [-0.05, 0) is 31.7 Å². The van der Waals surface area contributed by atoms with Crippen molar-refractivity contribution in [2.75, 3.05) is 13.6 Å². The molecule has 0 radical (unpaired) electrons. The van der Waals surface area contributed by atoms with Gasteiger partial charge >= 0.3 is 0 Å². The van der Waals surface area contributed by atoms with E-state index in [-0.39, 0.29) is 6.04 Å². The van der Waals surface area contributed by atoms with Crippen LogP contribution in [0.15, 0.2) is 24.3 Å². The second kappa shape index (κ2) is 7.50. The van der Waals surface area contributed by atoms with Gasteiger partial charge in [0.25, 0.3) is 0 Å². The first-order chi connectivity index (χ1) is 8.67. The molecule has 1 unspecified atom stereocenters. The molecule has 94 valence electrons. The summed E-state index contributed by atoms with van der Waals surface area (Å²) in [7, 11) is 2.03. The van der Waals surface area contributed by atoms with Crippen molar-refractivity contribution in [1.29, 1.82) is 5.26 Å². The highest BCUT2D eigenvalue weighted by molar-refractivity contribution is 5.37. The maximum Gasteiger partial charge on any atom is 0.0638 e. The Balaban J connectivity index is 2.70. The summed E-state index contributed by atoms with van der Waals surface area (Å²) in [6.07, 6.45) is 0.545. The van der Waals surface area contributed by atoms with Crippen LogP contribution in [0, 0.1) is 23.2 Å². The Morgan fingerprint density at radius 2 is 2.22 bits per heavy atom. The average molecular weight is 241 g/mol. The summed E-state index contributed by atoms with van der Waals surface area (Å²) >= 11 is 0. The van der Waals surface area contributed by atoms with Crippen molar-refractivity contribution in [1.82, 2.24) is 4.90 Å². The van der Waals surface area contributed by atoms with Crippen molar-refractivity contribution < 1.29 is 0 Å². The highest BCUT2D eigenvalue weighted by atomic mass is 15.1. The zero-order valence-corrected chi connectivity index (χ0v) is 11.0. The third-order valence-corrected chi connectivity index (χ3v) is 2.83. The monoisotopic (exact) mass is 241 g/mol. The molecule has 0 amide bonds. The molecule has 0 aromatic heterocycles. The van der Waals surface area contributed by atoms with E-state index < -0.39 is 0 Å². The number of benzene rings is 1. The van der Waals surface area contributed by atoms with Crippen LogP contribution in [0.25, 0.3) is 0 Å². The number of nitriles is 1. The van der Waals surface area contributed by atoms with Crippen LogP contribution in [0.3, 0.4) is 0 Å². The molecule has 0 saturated carbocycles. The van der Waals surface area contributed by atoms with Crippen LogP contribution in [0.1, 0.15) is 24.5 Å². The lowest BCUT2D eigenvalue weighted by molar-refractivity contribution is 0.252. The minimum atomic E-state index is 0.258. The van der Waals surface area contributed by atoms with Crippen molar-refractivity contribution in [3.63, 3.8) is 0 Å². The summed E-state index contributed by atoms with van der Waals surface area (Å²) in [5.74, 6) is 5.88. The van der Waals surface area contributed by atoms with Crippen molar-refractivity contribution >= 4 is 0 Å². The van der Waals surface area contributed by atoms with Crippen LogP contribution in [0.2, 0.25) is 0 Å². The van der Waals surface area contributed by atoms with Gasteiger partial charge < -0.3 is 5.73 Å². The van der Waals surface area contributed by atoms with Gasteiger partial charge in [-0.3, -0.25) is 4.90 Å². The highest BCUT2D eigenvalue weighted by Crippen LogP contribution is 2.10. The van der Waals surface area contributed by atoms with Gasteiger partial charge in [0.15, 0.2) is 0 Å². The first-order valence-electron chi connectivity index (χ1n) is 6.02. The molecule has 2 N–H and O–H groups in total. The van der Waals surface area contributed by atoms with E-state index in [0.717, 1.165) is 12.1 Å². The fourth-order valence-corrected chi connectivity index (χ4v) is 1.63. The van der Waals surface area contributed by atoms with E-state index in [9.17, 15) is 0 Å². The minimum Gasteiger partial charge on any atom is -0.320 e. The second-order valence-corrected chi connectivity index (χ2v) is 4.33. The van der Waals surface area contributed by atoms with Gasteiger partial charge in [0.2, 0.25) is 0 Å². The number of nitrogens with two attached hydrogens (primary N) is 1. The van der Waals surface area contributed by atoms with Crippen LogP contribution in [-0.4, -0.2) is 24.5 Å². The SMILES string of the molecule is CC(CC#N)N(C)Cc1cccc(C#CCN)c1. The molecule has 0 spiro atoms. The third kappa shape index (κ3) is 4.59. The average Bonchev–Trinajstić information content (AvgIpc) is 2.37. The topological polar surface area (TPSA) is 53.0 Å². The largest absolute Gasteiger partial charge is 0.320 e. The van der Waals surface area contributed by atoms with Gasteiger partial charge in [-0.25, -0.2) is 0 Å². The zero-order chi connectivity index (χ0) is 13.4. The molecule has 1 atom stereocenters. The molecule has 18 heavy (non-hydrogen) atoms. The molecule has 0 aliphatic rings. The minimum absolute atomic E-state index is 0.258. The summed E-state index contributed by atoms with van der Waals surface area (Å²) in [4.78, 5) is 2.17. The first kappa shape index (κ1) is 14.3. The molecule has 1 aromatic carbocycles. The Morgan fingerprint density at radius 1 is 1.44 bits per heavy atom. The van der Waals surface area contributed by atoms with Crippen molar-refractivity contribution in [2.45, 2.75) is 25.9 Å². The lowest BCUT2D eigenvalue weighted by Gasteiger charge is -2.22. The summed E-state index contributed by atoms with van der Waals surface area (Å²) in [5.41, 5.74) is 7.54. The van der Waals surface area contributed by atoms with Gasteiger partial charge in [-0.15, -0.1) is 0 Å². The Bertz CT molecular complexity index is 476. The number of nitrogens with zero attached hydrogens (tertiary/aromatic N) is 2. The highest BCUT2D eigenvalue weighted by Gasteiger charge is 2.08. The number of hydrogen-bond acceptors (Lipinski definition) is 3. The third-order valence-electron chi connectivity index (χ3n) is 2.83. The van der Waals surface area contributed by atoms with E-state index in [2.05, 4.69) is 41.9 Å². The molecule has 3 nitrogen and oxygen atoms in total. The predicted octanol–water partition coefficient (Wildman–Crippen LogP) is 1.73. The molecule has 3 heteroatoms. The smallest absolute Gasteiger partial charge is 0.0638 e. The summed E-state index contributed by atoms with van der Waals surface area (Å²) in [6.45, 7) is 3.26. The summed E-state index contributed by atoms with van der Waals surface area (Å²) in [5, 5.41) is 8.69. The predicted molar refractivity (Wildman–Crippen MR) is 73.5 cm³/mol. The van der Waals surface area contributed by atoms with Crippen LogP contribution in [0.4, 0.5) is 0 Å². The fraction of sp³-hybridized carbons (Fsp3) is 0.400. The Morgan fingerprint density at radius 3 is 2.89 bits per heavy atom. The molecule has 0 aliphatic heterocycles. The van der Waals surface area contributed by atoms with E-state index in [1.54, 1.807) is 0 Å². The lowest BCUT2D eigenvalue weighted by atomic mass is 10.1. The standard InChI is InChI=1S/C15H19N3/c1-13(8-10-17)18(2)12-15-6-3-5-14(11-15)7-4-9-16/h3,5-6,11,13H,8-9,12,16H2,1-2H3.